The third kappa shape index (κ3) is 4.46. The fourth-order valence-electron chi connectivity index (χ4n) is 2.59. The van der Waals surface area contributed by atoms with Gasteiger partial charge in [-0.1, -0.05) is 31.2 Å². The second-order valence-electron chi connectivity index (χ2n) is 6.14. The Labute approximate surface area is 142 Å². The van der Waals surface area contributed by atoms with Crippen molar-refractivity contribution >= 4 is 5.91 Å². The number of aliphatic hydroxyl groups is 1. The number of nitrogens with one attached hydrogen (secondary N) is 1. The van der Waals surface area contributed by atoms with Gasteiger partial charge in [-0.15, -0.1) is 0 Å². The first-order valence-electron chi connectivity index (χ1n) is 8.13. The van der Waals surface area contributed by atoms with Crippen LogP contribution in [-0.4, -0.2) is 36.9 Å². The number of carbonyl (C=O) groups excluding carboxylic acids is 1. The zero-order valence-corrected chi connectivity index (χ0v) is 14.5. The molecule has 1 amide bonds. The molecule has 0 spiro atoms. The molecule has 2 aromatic rings. The van der Waals surface area contributed by atoms with Crippen LogP contribution in [0, 0.1) is 0 Å². The van der Waals surface area contributed by atoms with Crippen molar-refractivity contribution in [3.63, 3.8) is 0 Å². The number of benzene rings is 1. The summed E-state index contributed by atoms with van der Waals surface area (Å²) in [4.78, 5) is 12.4. The molecule has 1 unspecified atom stereocenters. The van der Waals surface area contributed by atoms with Crippen LogP contribution in [0.3, 0.4) is 0 Å². The highest BCUT2D eigenvalue weighted by atomic mass is 16.5. The van der Waals surface area contributed by atoms with E-state index < -0.39 is 5.54 Å². The minimum Gasteiger partial charge on any atom is -0.451 e. The Balaban J connectivity index is 2.12. The molecular weight excluding hydrogens is 306 g/mol. The van der Waals surface area contributed by atoms with Crippen LogP contribution in [0.5, 0.6) is 0 Å². The monoisotopic (exact) mass is 331 g/mol. The summed E-state index contributed by atoms with van der Waals surface area (Å²) in [6.45, 7) is 4.21. The number of methoxy groups -OCH3 is 1. The lowest BCUT2D eigenvalue weighted by molar-refractivity contribution is 0.0704. The van der Waals surface area contributed by atoms with Gasteiger partial charge in [0.25, 0.3) is 5.91 Å². The number of amides is 1. The molecule has 5 heteroatoms. The van der Waals surface area contributed by atoms with Crippen LogP contribution in [0.15, 0.2) is 40.8 Å². The predicted octanol–water partition coefficient (Wildman–Crippen LogP) is 3.03. The van der Waals surface area contributed by atoms with E-state index in [2.05, 4.69) is 24.4 Å². The van der Waals surface area contributed by atoms with Gasteiger partial charge in [0.15, 0.2) is 5.76 Å². The number of aliphatic hydroxyl groups excluding tert-OH is 1. The molecular formula is C19H25NO4. The third-order valence-corrected chi connectivity index (χ3v) is 4.02. The smallest absolute Gasteiger partial charge is 0.287 e. The standard InChI is InChI=1S/C19H25NO4/c1-4-14-5-7-15(8-6-14)16-9-10-17(24-16)18(22)20-19(2,11-12-21)13-23-3/h5-10,21H,4,11-13H2,1-3H3,(H,20,22). The topological polar surface area (TPSA) is 71.7 Å². The Hall–Kier alpha value is -2.11. The first-order valence-corrected chi connectivity index (χ1v) is 8.13. The minimum absolute atomic E-state index is 0.0344. The number of furan rings is 1. The summed E-state index contributed by atoms with van der Waals surface area (Å²) in [6.07, 6.45) is 1.38. The number of hydrogen-bond donors (Lipinski definition) is 2. The van der Waals surface area contributed by atoms with E-state index in [9.17, 15) is 9.90 Å². The molecule has 2 rings (SSSR count). The normalized spacial score (nSPS) is 13.5. The van der Waals surface area contributed by atoms with Crippen LogP contribution in [0.1, 0.15) is 36.4 Å². The molecule has 2 N–H and O–H groups in total. The molecule has 0 aliphatic rings. The number of carbonyl (C=O) groups is 1. The second-order valence-corrected chi connectivity index (χ2v) is 6.14. The molecule has 0 saturated heterocycles. The minimum atomic E-state index is -0.643. The molecule has 0 bridgehead atoms. The fraction of sp³-hybridized carbons (Fsp3) is 0.421. The number of ether oxygens (including phenoxy) is 1. The summed E-state index contributed by atoms with van der Waals surface area (Å²) in [7, 11) is 1.56. The van der Waals surface area contributed by atoms with E-state index in [4.69, 9.17) is 9.15 Å². The lowest BCUT2D eigenvalue weighted by atomic mass is 9.99. The van der Waals surface area contributed by atoms with E-state index in [1.165, 1.54) is 5.56 Å². The Kier molecular flexibility index (Phi) is 6.17. The quantitative estimate of drug-likeness (QED) is 0.780. The van der Waals surface area contributed by atoms with Crippen LogP contribution in [0.4, 0.5) is 0 Å². The van der Waals surface area contributed by atoms with Crippen molar-refractivity contribution in [1.82, 2.24) is 5.32 Å². The van der Waals surface area contributed by atoms with Gasteiger partial charge in [0.05, 0.1) is 12.1 Å². The van der Waals surface area contributed by atoms with Gasteiger partial charge in [0.2, 0.25) is 0 Å². The van der Waals surface area contributed by atoms with E-state index in [0.717, 1.165) is 12.0 Å². The molecule has 24 heavy (non-hydrogen) atoms. The number of hydrogen-bond acceptors (Lipinski definition) is 4. The summed E-state index contributed by atoms with van der Waals surface area (Å²) in [5.74, 6) is 0.572. The molecule has 130 valence electrons. The molecule has 0 aliphatic heterocycles. The Morgan fingerprint density at radius 3 is 2.54 bits per heavy atom. The number of aryl methyl sites for hydroxylation is 1. The highest BCUT2D eigenvalue weighted by Gasteiger charge is 2.27. The zero-order valence-electron chi connectivity index (χ0n) is 14.5. The van der Waals surface area contributed by atoms with Crippen molar-refractivity contribution in [3.8, 4) is 11.3 Å². The van der Waals surface area contributed by atoms with Crippen LogP contribution >= 0.6 is 0 Å². The van der Waals surface area contributed by atoms with E-state index in [0.29, 0.717) is 18.8 Å². The van der Waals surface area contributed by atoms with Gasteiger partial charge >= 0.3 is 0 Å². The van der Waals surface area contributed by atoms with Gasteiger partial charge in [0.1, 0.15) is 5.76 Å². The van der Waals surface area contributed by atoms with Crippen molar-refractivity contribution in [2.75, 3.05) is 20.3 Å². The van der Waals surface area contributed by atoms with Crippen LogP contribution in [0.25, 0.3) is 11.3 Å². The maximum absolute atomic E-state index is 12.4. The summed E-state index contributed by atoms with van der Waals surface area (Å²) in [5.41, 5.74) is 1.54. The lowest BCUT2D eigenvalue weighted by Crippen LogP contribution is -2.49. The molecule has 1 aromatic heterocycles. The highest BCUT2D eigenvalue weighted by molar-refractivity contribution is 5.92. The van der Waals surface area contributed by atoms with Gasteiger partial charge < -0.3 is 19.6 Å². The molecule has 1 atom stereocenters. The molecule has 1 aromatic carbocycles. The van der Waals surface area contributed by atoms with Crippen molar-refractivity contribution in [2.45, 2.75) is 32.2 Å². The highest BCUT2D eigenvalue weighted by Crippen LogP contribution is 2.23. The largest absolute Gasteiger partial charge is 0.451 e. The van der Waals surface area contributed by atoms with E-state index in [-0.39, 0.29) is 18.3 Å². The average Bonchev–Trinajstić information content (AvgIpc) is 3.05. The molecule has 5 nitrogen and oxygen atoms in total. The van der Waals surface area contributed by atoms with Crippen molar-refractivity contribution in [3.05, 3.63) is 47.7 Å². The van der Waals surface area contributed by atoms with E-state index in [1.807, 2.05) is 19.1 Å². The third-order valence-electron chi connectivity index (χ3n) is 4.02. The summed E-state index contributed by atoms with van der Waals surface area (Å²) in [5, 5.41) is 12.1. The fourth-order valence-corrected chi connectivity index (χ4v) is 2.59. The van der Waals surface area contributed by atoms with Gasteiger partial charge in [-0.05, 0) is 37.5 Å². The maximum atomic E-state index is 12.4. The maximum Gasteiger partial charge on any atom is 0.287 e. The van der Waals surface area contributed by atoms with Crippen LogP contribution in [0.2, 0.25) is 0 Å². The van der Waals surface area contributed by atoms with Crippen molar-refractivity contribution < 1.29 is 19.1 Å². The van der Waals surface area contributed by atoms with Crippen LogP contribution in [-0.2, 0) is 11.2 Å². The summed E-state index contributed by atoms with van der Waals surface area (Å²) < 4.78 is 10.8. The van der Waals surface area contributed by atoms with Gasteiger partial charge in [0, 0.05) is 19.3 Å². The Morgan fingerprint density at radius 1 is 1.25 bits per heavy atom. The zero-order chi connectivity index (χ0) is 17.6. The second kappa shape index (κ2) is 8.13. The van der Waals surface area contributed by atoms with E-state index >= 15 is 0 Å². The Bertz CT molecular complexity index is 654. The average molecular weight is 331 g/mol. The number of rotatable bonds is 8. The van der Waals surface area contributed by atoms with Gasteiger partial charge in [-0.3, -0.25) is 4.79 Å². The molecule has 1 heterocycles. The first-order chi connectivity index (χ1) is 11.5. The van der Waals surface area contributed by atoms with E-state index in [1.54, 1.807) is 19.2 Å². The lowest BCUT2D eigenvalue weighted by Gasteiger charge is -2.28. The SMILES string of the molecule is CCc1ccc(-c2ccc(C(=O)NC(C)(CCO)COC)o2)cc1. The molecule has 0 saturated carbocycles. The summed E-state index contributed by atoms with van der Waals surface area (Å²) in [6, 6.07) is 11.5. The molecule has 0 fully saturated rings. The van der Waals surface area contributed by atoms with Gasteiger partial charge in [-0.25, -0.2) is 0 Å². The Morgan fingerprint density at radius 2 is 1.96 bits per heavy atom. The van der Waals surface area contributed by atoms with Crippen molar-refractivity contribution in [2.24, 2.45) is 0 Å². The summed E-state index contributed by atoms with van der Waals surface area (Å²) >= 11 is 0. The van der Waals surface area contributed by atoms with Crippen LogP contribution < -0.4 is 5.32 Å². The van der Waals surface area contributed by atoms with Crippen molar-refractivity contribution in [1.29, 1.82) is 0 Å². The molecule has 0 radical (unpaired) electrons. The molecule has 0 aliphatic carbocycles. The van der Waals surface area contributed by atoms with Gasteiger partial charge in [-0.2, -0.15) is 0 Å². The first kappa shape index (κ1) is 18.2. The predicted molar refractivity (Wildman–Crippen MR) is 93.0 cm³/mol.